The minimum absolute atomic E-state index is 0.283. The molecule has 1 fully saturated rings. The van der Waals surface area contributed by atoms with Crippen LogP contribution in [0.1, 0.15) is 18.5 Å². The van der Waals surface area contributed by atoms with Crippen LogP contribution in [0.15, 0.2) is 12.5 Å². The first kappa shape index (κ1) is 6.85. The zero-order valence-electron chi connectivity index (χ0n) is 6.75. The van der Waals surface area contributed by atoms with Crippen LogP contribution >= 0.6 is 0 Å². The van der Waals surface area contributed by atoms with Crippen LogP contribution in [0.4, 0.5) is 0 Å². The molecule has 60 valence electrons. The summed E-state index contributed by atoms with van der Waals surface area (Å²) in [6.45, 7) is 0.756. The van der Waals surface area contributed by atoms with Crippen molar-refractivity contribution in [1.82, 2.24) is 9.55 Å². The highest BCUT2D eigenvalue weighted by molar-refractivity contribution is 5.23. The second kappa shape index (κ2) is 2.08. The van der Waals surface area contributed by atoms with Crippen molar-refractivity contribution in [3.8, 4) is 0 Å². The molecule has 0 aromatic carbocycles. The van der Waals surface area contributed by atoms with Crippen LogP contribution in [0.25, 0.3) is 0 Å². The van der Waals surface area contributed by atoms with Gasteiger partial charge in [0.2, 0.25) is 0 Å². The van der Waals surface area contributed by atoms with Crippen molar-refractivity contribution in [3.63, 3.8) is 0 Å². The number of aryl methyl sites for hydroxylation is 1. The van der Waals surface area contributed by atoms with E-state index in [1.807, 2.05) is 19.6 Å². The van der Waals surface area contributed by atoms with Crippen molar-refractivity contribution in [2.75, 3.05) is 6.54 Å². The van der Waals surface area contributed by atoms with Crippen molar-refractivity contribution in [2.45, 2.75) is 18.3 Å². The first-order valence-corrected chi connectivity index (χ1v) is 3.95. The summed E-state index contributed by atoms with van der Waals surface area (Å²) in [5.41, 5.74) is 7.26. The first-order chi connectivity index (χ1) is 5.28. The standard InChI is InChI=1S/C8H13N3/c1-11-6-10-4-7(11)8(5-9)2-3-8/h4,6H,2-3,5,9H2,1H3. The Morgan fingerprint density at radius 3 is 2.82 bits per heavy atom. The lowest BCUT2D eigenvalue weighted by Crippen LogP contribution is -2.22. The lowest BCUT2D eigenvalue weighted by atomic mass is 10.0. The fourth-order valence-electron chi connectivity index (χ4n) is 1.58. The van der Waals surface area contributed by atoms with Gasteiger partial charge in [0.25, 0.3) is 0 Å². The highest BCUT2D eigenvalue weighted by Crippen LogP contribution is 2.46. The average molecular weight is 151 g/mol. The van der Waals surface area contributed by atoms with Crippen LogP contribution in [0.3, 0.4) is 0 Å². The molecule has 1 aliphatic rings. The van der Waals surface area contributed by atoms with E-state index in [2.05, 4.69) is 9.55 Å². The van der Waals surface area contributed by atoms with Crippen LogP contribution in [0, 0.1) is 0 Å². The van der Waals surface area contributed by atoms with Crippen LogP contribution in [-0.2, 0) is 12.5 Å². The van der Waals surface area contributed by atoms with E-state index < -0.39 is 0 Å². The number of rotatable bonds is 2. The van der Waals surface area contributed by atoms with E-state index in [1.165, 1.54) is 18.5 Å². The molecule has 3 heteroatoms. The molecule has 1 aromatic rings. The summed E-state index contributed by atoms with van der Waals surface area (Å²) in [5.74, 6) is 0. The Balaban J connectivity index is 2.35. The number of hydrogen-bond acceptors (Lipinski definition) is 2. The molecule has 0 saturated heterocycles. The van der Waals surface area contributed by atoms with Gasteiger partial charge in [0.1, 0.15) is 0 Å². The van der Waals surface area contributed by atoms with Gasteiger partial charge in [0, 0.05) is 30.9 Å². The maximum atomic E-state index is 5.69. The quantitative estimate of drug-likeness (QED) is 0.665. The normalized spacial score (nSPS) is 20.2. The molecular weight excluding hydrogens is 138 g/mol. The van der Waals surface area contributed by atoms with Crippen LogP contribution < -0.4 is 5.73 Å². The van der Waals surface area contributed by atoms with Gasteiger partial charge in [-0.2, -0.15) is 0 Å². The van der Waals surface area contributed by atoms with Crippen LogP contribution in [0.5, 0.6) is 0 Å². The number of hydrogen-bond donors (Lipinski definition) is 1. The molecule has 1 saturated carbocycles. The van der Waals surface area contributed by atoms with E-state index in [4.69, 9.17) is 5.73 Å². The summed E-state index contributed by atoms with van der Waals surface area (Å²) in [4.78, 5) is 4.08. The largest absolute Gasteiger partial charge is 0.337 e. The highest BCUT2D eigenvalue weighted by Gasteiger charge is 2.44. The first-order valence-electron chi connectivity index (χ1n) is 3.95. The van der Waals surface area contributed by atoms with Gasteiger partial charge in [-0.05, 0) is 12.8 Å². The Bertz CT molecular complexity index is 260. The Hall–Kier alpha value is -0.830. The molecule has 2 N–H and O–H groups in total. The molecule has 0 amide bonds. The molecule has 0 radical (unpaired) electrons. The number of aromatic nitrogens is 2. The molecule has 1 aliphatic carbocycles. The van der Waals surface area contributed by atoms with Crippen molar-refractivity contribution in [3.05, 3.63) is 18.2 Å². The third-order valence-corrected chi connectivity index (χ3v) is 2.60. The lowest BCUT2D eigenvalue weighted by molar-refractivity contribution is 0.639. The summed E-state index contributed by atoms with van der Waals surface area (Å²) < 4.78 is 2.07. The summed E-state index contributed by atoms with van der Waals surface area (Å²) in [6, 6.07) is 0. The third-order valence-electron chi connectivity index (χ3n) is 2.60. The number of imidazole rings is 1. The fourth-order valence-corrected chi connectivity index (χ4v) is 1.58. The van der Waals surface area contributed by atoms with E-state index in [9.17, 15) is 0 Å². The zero-order chi connectivity index (χ0) is 7.90. The average Bonchev–Trinajstić information content (AvgIpc) is 2.70. The molecule has 2 rings (SSSR count). The molecule has 0 spiro atoms. The third kappa shape index (κ3) is 0.878. The van der Waals surface area contributed by atoms with Crippen molar-refractivity contribution in [2.24, 2.45) is 12.8 Å². The highest BCUT2D eigenvalue weighted by atomic mass is 15.0. The van der Waals surface area contributed by atoms with E-state index in [-0.39, 0.29) is 5.41 Å². The van der Waals surface area contributed by atoms with Gasteiger partial charge in [0.05, 0.1) is 6.33 Å². The van der Waals surface area contributed by atoms with Gasteiger partial charge in [0.15, 0.2) is 0 Å². The van der Waals surface area contributed by atoms with Gasteiger partial charge in [-0.3, -0.25) is 0 Å². The Labute approximate surface area is 66.2 Å². The Morgan fingerprint density at radius 1 is 1.73 bits per heavy atom. The number of nitrogens with zero attached hydrogens (tertiary/aromatic N) is 2. The van der Waals surface area contributed by atoms with Gasteiger partial charge in [-0.15, -0.1) is 0 Å². The monoisotopic (exact) mass is 151 g/mol. The van der Waals surface area contributed by atoms with E-state index >= 15 is 0 Å². The van der Waals surface area contributed by atoms with E-state index in [1.54, 1.807) is 0 Å². The molecule has 0 bridgehead atoms. The SMILES string of the molecule is Cn1cncc1C1(CN)CC1. The molecule has 0 unspecified atom stereocenters. The zero-order valence-corrected chi connectivity index (χ0v) is 6.75. The van der Waals surface area contributed by atoms with E-state index in [0.29, 0.717) is 0 Å². The topological polar surface area (TPSA) is 43.8 Å². The minimum Gasteiger partial charge on any atom is -0.337 e. The molecule has 0 aliphatic heterocycles. The molecular formula is C8H13N3. The molecule has 11 heavy (non-hydrogen) atoms. The van der Waals surface area contributed by atoms with Gasteiger partial charge >= 0.3 is 0 Å². The van der Waals surface area contributed by atoms with Gasteiger partial charge in [-0.1, -0.05) is 0 Å². The van der Waals surface area contributed by atoms with Gasteiger partial charge in [-0.25, -0.2) is 4.98 Å². The van der Waals surface area contributed by atoms with Crippen molar-refractivity contribution < 1.29 is 0 Å². The molecule has 3 nitrogen and oxygen atoms in total. The van der Waals surface area contributed by atoms with Crippen LogP contribution in [0.2, 0.25) is 0 Å². The van der Waals surface area contributed by atoms with Crippen molar-refractivity contribution in [1.29, 1.82) is 0 Å². The smallest absolute Gasteiger partial charge is 0.0945 e. The molecule has 1 heterocycles. The predicted molar refractivity (Wildman–Crippen MR) is 43.2 cm³/mol. The summed E-state index contributed by atoms with van der Waals surface area (Å²) in [6.07, 6.45) is 6.22. The van der Waals surface area contributed by atoms with Crippen LogP contribution in [-0.4, -0.2) is 16.1 Å². The minimum atomic E-state index is 0.283. The summed E-state index contributed by atoms with van der Waals surface area (Å²) in [5, 5.41) is 0. The number of nitrogens with two attached hydrogens (primary N) is 1. The predicted octanol–water partition coefficient (Wildman–Crippen LogP) is 0.410. The summed E-state index contributed by atoms with van der Waals surface area (Å²) >= 11 is 0. The Morgan fingerprint density at radius 2 is 2.45 bits per heavy atom. The van der Waals surface area contributed by atoms with E-state index in [0.717, 1.165) is 6.54 Å². The maximum Gasteiger partial charge on any atom is 0.0945 e. The molecule has 1 aromatic heterocycles. The fraction of sp³-hybridized carbons (Fsp3) is 0.625. The van der Waals surface area contributed by atoms with Gasteiger partial charge < -0.3 is 10.3 Å². The molecule has 0 atom stereocenters. The summed E-state index contributed by atoms with van der Waals surface area (Å²) in [7, 11) is 2.03. The second-order valence-electron chi connectivity index (χ2n) is 3.37. The maximum absolute atomic E-state index is 5.69. The Kier molecular flexibility index (Phi) is 1.29. The lowest BCUT2D eigenvalue weighted by Gasteiger charge is -2.11. The second-order valence-corrected chi connectivity index (χ2v) is 3.37. The van der Waals surface area contributed by atoms with Crippen molar-refractivity contribution >= 4 is 0 Å².